The lowest BCUT2D eigenvalue weighted by Gasteiger charge is -2.09. The van der Waals surface area contributed by atoms with Gasteiger partial charge in [-0.15, -0.1) is 11.3 Å². The minimum absolute atomic E-state index is 0.0109. The molecule has 0 aliphatic heterocycles. The van der Waals surface area contributed by atoms with Crippen LogP contribution in [0.3, 0.4) is 0 Å². The summed E-state index contributed by atoms with van der Waals surface area (Å²) in [4.78, 5) is 36.5. The van der Waals surface area contributed by atoms with Gasteiger partial charge in [-0.25, -0.2) is 9.59 Å². The molecular formula is C21H18Cl2N2O6S. The van der Waals surface area contributed by atoms with Gasteiger partial charge in [0.1, 0.15) is 16.6 Å². The summed E-state index contributed by atoms with van der Waals surface area (Å²) in [7, 11) is 0. The van der Waals surface area contributed by atoms with Gasteiger partial charge in [-0.1, -0.05) is 23.2 Å². The van der Waals surface area contributed by atoms with E-state index in [9.17, 15) is 19.6 Å². The highest BCUT2D eigenvalue weighted by Gasteiger charge is 2.23. The molecule has 0 aliphatic rings. The molecule has 32 heavy (non-hydrogen) atoms. The maximum Gasteiger partial charge on any atom is 0.341 e. The van der Waals surface area contributed by atoms with Crippen molar-refractivity contribution >= 4 is 63.5 Å². The molecule has 0 saturated carbocycles. The Morgan fingerprint density at radius 1 is 1.25 bits per heavy atom. The van der Waals surface area contributed by atoms with Crippen molar-refractivity contribution in [2.24, 2.45) is 0 Å². The molecule has 0 saturated heterocycles. The molecule has 0 unspecified atom stereocenters. The van der Waals surface area contributed by atoms with E-state index in [0.29, 0.717) is 11.1 Å². The summed E-state index contributed by atoms with van der Waals surface area (Å²) in [6.45, 7) is 4.76. The first-order valence-corrected chi connectivity index (χ1v) is 10.7. The fourth-order valence-electron chi connectivity index (χ4n) is 2.58. The summed E-state index contributed by atoms with van der Waals surface area (Å²) in [5.41, 5.74) is 0.973. The van der Waals surface area contributed by atoms with Crippen molar-refractivity contribution in [1.29, 1.82) is 5.26 Å². The quantitative estimate of drug-likeness (QED) is 0.303. The molecule has 1 aromatic carbocycles. The average molecular weight is 497 g/mol. The number of nitrogens with one attached hydrogen (secondary N) is 1. The summed E-state index contributed by atoms with van der Waals surface area (Å²) >= 11 is 13.4. The number of rotatable bonds is 8. The van der Waals surface area contributed by atoms with Gasteiger partial charge < -0.3 is 19.9 Å². The molecule has 0 atom stereocenters. The van der Waals surface area contributed by atoms with Gasteiger partial charge >= 0.3 is 11.9 Å². The van der Waals surface area contributed by atoms with Crippen molar-refractivity contribution in [3.05, 3.63) is 49.3 Å². The van der Waals surface area contributed by atoms with Crippen LogP contribution < -0.4 is 10.1 Å². The van der Waals surface area contributed by atoms with Crippen LogP contribution in [0.15, 0.2) is 17.7 Å². The first-order valence-electron chi connectivity index (χ1n) is 9.12. The van der Waals surface area contributed by atoms with Crippen molar-refractivity contribution < 1.29 is 29.0 Å². The fourth-order valence-corrected chi connectivity index (χ4v) is 4.24. The van der Waals surface area contributed by atoms with Gasteiger partial charge in [0.25, 0.3) is 5.91 Å². The Morgan fingerprint density at radius 3 is 2.41 bits per heavy atom. The predicted octanol–water partition coefficient (Wildman–Crippen LogP) is 4.86. The number of aliphatic carboxylic acids is 1. The second-order valence-electron chi connectivity index (χ2n) is 6.33. The molecule has 0 bridgehead atoms. The number of carbonyl (C=O) groups excluding carboxylic acids is 2. The van der Waals surface area contributed by atoms with Gasteiger partial charge in [-0.3, -0.25) is 4.79 Å². The van der Waals surface area contributed by atoms with Crippen LogP contribution in [0.4, 0.5) is 5.00 Å². The Balaban J connectivity index is 2.33. The van der Waals surface area contributed by atoms with E-state index >= 15 is 0 Å². The fraction of sp³-hybridized carbons (Fsp3) is 0.238. The highest BCUT2D eigenvalue weighted by molar-refractivity contribution is 7.16. The highest BCUT2D eigenvalue weighted by atomic mass is 35.5. The zero-order chi connectivity index (χ0) is 24.0. The van der Waals surface area contributed by atoms with Crippen molar-refractivity contribution in [3.63, 3.8) is 0 Å². The van der Waals surface area contributed by atoms with E-state index in [1.165, 1.54) is 29.5 Å². The number of thiophene rings is 1. The standard InChI is InChI=1S/C21H18Cl2N2O6S/c1-4-30-21(29)17-10(2)11(3)32-20(17)25-19(28)13(8-24)5-12-6-14(22)18(15(23)7-12)31-9-16(26)27/h5-7H,4,9H2,1-3H3,(H,25,28)(H,26,27)/b13-5+. The molecule has 168 valence electrons. The first kappa shape index (κ1) is 25.2. The molecule has 1 aromatic heterocycles. The Morgan fingerprint density at radius 2 is 1.88 bits per heavy atom. The third-order valence-corrected chi connectivity index (χ3v) is 5.81. The number of carboxylic acid groups (broad SMARTS) is 1. The number of nitrogens with zero attached hydrogens (tertiary/aromatic N) is 1. The number of carboxylic acids is 1. The van der Waals surface area contributed by atoms with Crippen LogP contribution in [-0.4, -0.2) is 36.2 Å². The Hall–Kier alpha value is -3.06. The van der Waals surface area contributed by atoms with E-state index in [0.717, 1.165) is 4.88 Å². The molecule has 0 fully saturated rings. The summed E-state index contributed by atoms with van der Waals surface area (Å²) in [6, 6.07) is 4.55. The molecule has 2 aromatic rings. The van der Waals surface area contributed by atoms with Crippen LogP contribution in [0.5, 0.6) is 5.75 Å². The second-order valence-corrected chi connectivity index (χ2v) is 8.37. The smallest absolute Gasteiger partial charge is 0.341 e. The monoisotopic (exact) mass is 496 g/mol. The normalized spacial score (nSPS) is 10.9. The average Bonchev–Trinajstić information content (AvgIpc) is 2.98. The van der Waals surface area contributed by atoms with Gasteiger partial charge in [0, 0.05) is 4.88 Å². The topological polar surface area (TPSA) is 126 Å². The SMILES string of the molecule is CCOC(=O)c1c(NC(=O)/C(C#N)=C/c2cc(Cl)c(OCC(=O)O)c(Cl)c2)sc(C)c1C. The summed E-state index contributed by atoms with van der Waals surface area (Å²) < 4.78 is 10.1. The molecule has 2 rings (SSSR count). The van der Waals surface area contributed by atoms with E-state index in [2.05, 4.69) is 5.32 Å². The summed E-state index contributed by atoms with van der Waals surface area (Å²) in [5.74, 6) is -2.54. The molecule has 2 N–H and O–H groups in total. The molecule has 1 heterocycles. The van der Waals surface area contributed by atoms with Crippen molar-refractivity contribution in [3.8, 4) is 11.8 Å². The number of carbonyl (C=O) groups is 3. The van der Waals surface area contributed by atoms with Crippen LogP contribution in [0.25, 0.3) is 6.08 Å². The van der Waals surface area contributed by atoms with E-state index in [4.69, 9.17) is 37.8 Å². The van der Waals surface area contributed by atoms with Gasteiger partial charge in [0.15, 0.2) is 12.4 Å². The van der Waals surface area contributed by atoms with Crippen LogP contribution in [0.1, 0.15) is 33.3 Å². The Kier molecular flexibility index (Phi) is 8.66. The van der Waals surface area contributed by atoms with E-state index in [1.807, 2.05) is 0 Å². The lowest BCUT2D eigenvalue weighted by molar-refractivity contribution is -0.139. The maximum absolute atomic E-state index is 12.7. The number of anilines is 1. The number of esters is 1. The van der Waals surface area contributed by atoms with E-state index in [1.54, 1.807) is 26.8 Å². The number of halogens is 2. The lowest BCUT2D eigenvalue weighted by atomic mass is 10.1. The number of hydrogen-bond donors (Lipinski definition) is 2. The molecule has 1 amide bonds. The molecular weight excluding hydrogens is 479 g/mol. The van der Waals surface area contributed by atoms with Crippen LogP contribution >= 0.6 is 34.5 Å². The minimum atomic E-state index is -1.20. The molecule has 8 nitrogen and oxygen atoms in total. The maximum atomic E-state index is 12.7. The largest absolute Gasteiger partial charge is 0.479 e. The van der Waals surface area contributed by atoms with Crippen LogP contribution in [0, 0.1) is 25.2 Å². The van der Waals surface area contributed by atoms with Crippen LogP contribution in [-0.2, 0) is 14.3 Å². The number of aryl methyl sites for hydroxylation is 1. The van der Waals surface area contributed by atoms with Crippen molar-refractivity contribution in [2.45, 2.75) is 20.8 Å². The van der Waals surface area contributed by atoms with Gasteiger partial charge in [0.2, 0.25) is 0 Å². The van der Waals surface area contributed by atoms with Gasteiger partial charge in [0.05, 0.1) is 22.2 Å². The highest BCUT2D eigenvalue weighted by Crippen LogP contribution is 2.36. The number of nitriles is 1. The molecule has 0 aliphatic carbocycles. The third-order valence-electron chi connectivity index (χ3n) is 4.13. The Bertz CT molecular complexity index is 1130. The lowest BCUT2D eigenvalue weighted by Crippen LogP contribution is -2.16. The van der Waals surface area contributed by atoms with Gasteiger partial charge in [-0.2, -0.15) is 5.26 Å². The number of amides is 1. The third kappa shape index (κ3) is 6.01. The zero-order valence-corrected chi connectivity index (χ0v) is 19.6. The van der Waals surface area contributed by atoms with E-state index in [-0.39, 0.29) is 38.5 Å². The summed E-state index contributed by atoms with van der Waals surface area (Å²) in [5, 5.41) is 21.1. The molecule has 11 heteroatoms. The number of benzene rings is 1. The van der Waals surface area contributed by atoms with Crippen molar-refractivity contribution in [2.75, 3.05) is 18.5 Å². The van der Waals surface area contributed by atoms with E-state index < -0.39 is 24.5 Å². The predicted molar refractivity (Wildman–Crippen MR) is 122 cm³/mol. The first-order chi connectivity index (χ1) is 15.1. The molecule has 0 radical (unpaired) electrons. The van der Waals surface area contributed by atoms with Crippen molar-refractivity contribution in [1.82, 2.24) is 0 Å². The number of ether oxygens (including phenoxy) is 2. The second kappa shape index (κ2) is 11.0. The minimum Gasteiger partial charge on any atom is -0.479 e. The van der Waals surface area contributed by atoms with Crippen LogP contribution in [0.2, 0.25) is 10.0 Å². The molecule has 0 spiro atoms. The van der Waals surface area contributed by atoms with Gasteiger partial charge in [-0.05, 0) is 50.1 Å². The number of hydrogen-bond acceptors (Lipinski definition) is 7. The zero-order valence-electron chi connectivity index (χ0n) is 17.2. The Labute approximate surface area is 198 Å². The summed E-state index contributed by atoms with van der Waals surface area (Å²) in [6.07, 6.45) is 1.26.